The molecule has 0 saturated carbocycles. The number of ether oxygens (including phenoxy) is 9. The predicted molar refractivity (Wildman–Crippen MR) is 212 cm³/mol. The zero-order chi connectivity index (χ0) is 42.8. The summed E-state index contributed by atoms with van der Waals surface area (Å²) in [5.41, 5.74) is 1.79. The molecule has 0 aliphatic rings. The minimum Gasteiger partial charge on any atom is -0.461 e. The van der Waals surface area contributed by atoms with Crippen LogP contribution in [0.2, 0.25) is 0 Å². The third kappa shape index (κ3) is 13.8. The lowest BCUT2D eigenvalue weighted by Gasteiger charge is -2.14. The predicted octanol–water partition coefficient (Wildman–Crippen LogP) is 8.73. The molecule has 0 unspecified atom stereocenters. The van der Waals surface area contributed by atoms with Crippen LogP contribution in [0, 0.1) is 0 Å². The van der Waals surface area contributed by atoms with E-state index in [9.17, 15) is 24.0 Å². The Bertz CT molecular complexity index is 2240. The van der Waals surface area contributed by atoms with E-state index in [0.717, 1.165) is 50.1 Å². The van der Waals surface area contributed by atoms with Gasteiger partial charge in [0.1, 0.15) is 67.3 Å². The molecular formula is C44H40O14. The number of hydrogen-bond acceptors (Lipinski definition) is 14. The second kappa shape index (κ2) is 21.9. The zero-order valence-electron chi connectivity index (χ0n) is 32.4. The third-order valence-electron chi connectivity index (χ3n) is 6.95. The number of carbonyl (C=O) groups excluding carboxylic acids is 5. The Morgan fingerprint density at radius 3 is 1.36 bits per heavy atom. The van der Waals surface area contributed by atoms with E-state index < -0.39 is 29.8 Å². The minimum atomic E-state index is -0.764. The van der Waals surface area contributed by atoms with Crippen LogP contribution in [-0.4, -0.2) is 29.8 Å². The highest BCUT2D eigenvalue weighted by atomic mass is 16.6. The van der Waals surface area contributed by atoms with Crippen molar-refractivity contribution in [3.8, 4) is 28.7 Å². The summed E-state index contributed by atoms with van der Waals surface area (Å²) < 4.78 is 48.0. The van der Waals surface area contributed by atoms with Crippen molar-refractivity contribution in [2.45, 2.75) is 34.6 Å². The second-order valence-corrected chi connectivity index (χ2v) is 11.9. The first kappa shape index (κ1) is 44.5. The fraction of sp³-hybridized carbons (Fsp3) is 0.114. The maximum absolute atomic E-state index is 13.3. The van der Waals surface area contributed by atoms with Gasteiger partial charge in [0.2, 0.25) is 0 Å². The summed E-state index contributed by atoms with van der Waals surface area (Å²) in [5.74, 6) is -2.68. The Morgan fingerprint density at radius 1 is 0.483 bits per heavy atom. The van der Waals surface area contributed by atoms with Crippen molar-refractivity contribution in [2.24, 2.45) is 0 Å². The summed E-state index contributed by atoms with van der Waals surface area (Å²) in [6.07, 6.45) is 9.80. The van der Waals surface area contributed by atoms with E-state index in [1.165, 1.54) is 52.0 Å². The second-order valence-electron chi connectivity index (χ2n) is 11.9. The van der Waals surface area contributed by atoms with E-state index in [1.54, 1.807) is 37.3 Å². The van der Waals surface area contributed by atoms with Crippen molar-refractivity contribution in [1.29, 1.82) is 0 Å². The number of allylic oxidation sites excluding steroid dienone is 1. The molecule has 0 fully saturated rings. The molecule has 0 aliphatic carbocycles. The molecule has 3 aromatic rings. The van der Waals surface area contributed by atoms with Crippen molar-refractivity contribution >= 4 is 46.2 Å². The van der Waals surface area contributed by atoms with Gasteiger partial charge in [0.25, 0.3) is 0 Å². The highest BCUT2D eigenvalue weighted by Gasteiger charge is 2.16. The van der Waals surface area contributed by atoms with E-state index in [0.29, 0.717) is 21.9 Å². The average molecular weight is 793 g/mol. The normalized spacial score (nSPS) is 11.3. The first-order valence-corrected chi connectivity index (χ1v) is 16.9. The van der Waals surface area contributed by atoms with Crippen LogP contribution in [0.25, 0.3) is 16.3 Å². The van der Waals surface area contributed by atoms with Crippen molar-refractivity contribution in [2.75, 3.05) is 0 Å². The molecule has 58 heavy (non-hydrogen) atoms. The molecule has 0 heterocycles. The van der Waals surface area contributed by atoms with Gasteiger partial charge in [-0.15, -0.1) is 0 Å². The van der Waals surface area contributed by atoms with Crippen molar-refractivity contribution < 1.29 is 66.6 Å². The van der Waals surface area contributed by atoms with Gasteiger partial charge in [-0.05, 0) is 75.4 Å². The molecule has 0 N–H and O–H groups in total. The molecule has 0 atom stereocenters. The quantitative estimate of drug-likeness (QED) is 0.0371. The van der Waals surface area contributed by atoms with Crippen LogP contribution >= 0.6 is 0 Å². The van der Waals surface area contributed by atoms with Gasteiger partial charge in [-0.2, -0.15) is 0 Å². The molecule has 3 aromatic carbocycles. The minimum absolute atomic E-state index is 0.0190. The van der Waals surface area contributed by atoms with E-state index in [4.69, 9.17) is 42.6 Å². The topological polar surface area (TPSA) is 168 Å². The molecular weight excluding hydrogens is 752 g/mol. The molecule has 14 heteroatoms. The third-order valence-corrected chi connectivity index (χ3v) is 6.95. The van der Waals surface area contributed by atoms with Crippen LogP contribution in [0.3, 0.4) is 0 Å². The first-order chi connectivity index (χ1) is 27.6. The summed E-state index contributed by atoms with van der Waals surface area (Å²) >= 11 is 0. The molecule has 14 nitrogen and oxygen atoms in total. The Morgan fingerprint density at radius 2 is 0.897 bits per heavy atom. The van der Waals surface area contributed by atoms with Crippen molar-refractivity contribution in [3.63, 3.8) is 0 Å². The van der Waals surface area contributed by atoms with Gasteiger partial charge < -0.3 is 42.6 Å². The molecule has 0 aromatic heterocycles. The summed E-state index contributed by atoms with van der Waals surface area (Å²) in [6.45, 7) is 21.7. The lowest BCUT2D eigenvalue weighted by Crippen LogP contribution is -2.05. The number of rotatable bonds is 19. The van der Waals surface area contributed by atoms with Crippen LogP contribution in [0.4, 0.5) is 0 Å². The van der Waals surface area contributed by atoms with Crippen LogP contribution < -0.4 is 23.7 Å². The maximum Gasteiger partial charge on any atom is 0.338 e. The number of hydrogen-bond donors (Lipinski definition) is 0. The van der Waals surface area contributed by atoms with E-state index in [1.807, 2.05) is 0 Å². The summed E-state index contributed by atoms with van der Waals surface area (Å²) in [4.78, 5) is 60.3. The van der Waals surface area contributed by atoms with Gasteiger partial charge in [-0.3, -0.25) is 0 Å². The largest absolute Gasteiger partial charge is 0.461 e. The number of fused-ring (bicyclic) bond motifs is 1. The van der Waals surface area contributed by atoms with Crippen molar-refractivity contribution in [3.05, 3.63) is 159 Å². The van der Waals surface area contributed by atoms with Gasteiger partial charge in [0.05, 0.1) is 5.39 Å². The molecule has 0 bridgehead atoms. The summed E-state index contributed by atoms with van der Waals surface area (Å²) in [7, 11) is 0. The fourth-order valence-electron chi connectivity index (χ4n) is 4.19. The van der Waals surface area contributed by atoms with E-state index in [2.05, 4.69) is 26.3 Å². The number of carbonyl (C=O) groups is 5. The SMILES string of the molecule is C=C(C)C(=O)O/C=C\Oc1ccc(OC(=O)/C=C(\C)c2ccc(O/C=C\OC(=O)C(=C)C)c3c(O/C=C\OC(=O)C(=C)C)cccc23)cc1O/C=C\OC(=O)C(=C)C. The van der Waals surface area contributed by atoms with Gasteiger partial charge in [-0.25, -0.2) is 24.0 Å². The summed E-state index contributed by atoms with van der Waals surface area (Å²) in [6, 6.07) is 12.6. The number of benzene rings is 3. The maximum atomic E-state index is 13.3. The highest BCUT2D eigenvalue weighted by molar-refractivity contribution is 6.03. The van der Waals surface area contributed by atoms with Crippen LogP contribution in [-0.2, 0) is 42.9 Å². The lowest BCUT2D eigenvalue weighted by molar-refractivity contribution is -0.134. The molecule has 0 radical (unpaired) electrons. The molecule has 0 spiro atoms. The highest BCUT2D eigenvalue weighted by Crippen LogP contribution is 2.39. The molecule has 3 rings (SSSR count). The smallest absolute Gasteiger partial charge is 0.338 e. The van der Waals surface area contributed by atoms with E-state index >= 15 is 0 Å². The average Bonchev–Trinajstić information content (AvgIpc) is 3.18. The van der Waals surface area contributed by atoms with Gasteiger partial charge in [-0.1, -0.05) is 44.5 Å². The van der Waals surface area contributed by atoms with Gasteiger partial charge in [0, 0.05) is 34.4 Å². The van der Waals surface area contributed by atoms with Crippen LogP contribution in [0.5, 0.6) is 28.7 Å². The van der Waals surface area contributed by atoms with Gasteiger partial charge >= 0.3 is 29.8 Å². The van der Waals surface area contributed by atoms with Crippen LogP contribution in [0.1, 0.15) is 40.2 Å². The first-order valence-electron chi connectivity index (χ1n) is 16.9. The Labute approximate surface area is 334 Å². The Kier molecular flexibility index (Phi) is 16.8. The number of esters is 5. The van der Waals surface area contributed by atoms with Gasteiger partial charge in [0.15, 0.2) is 11.5 Å². The molecule has 0 amide bonds. The molecule has 0 saturated heterocycles. The zero-order valence-corrected chi connectivity index (χ0v) is 32.4. The Hall–Kier alpha value is -7.87. The summed E-state index contributed by atoms with van der Waals surface area (Å²) in [5, 5.41) is 1.02. The monoisotopic (exact) mass is 792 g/mol. The molecule has 300 valence electrons. The van der Waals surface area contributed by atoms with Crippen molar-refractivity contribution in [1.82, 2.24) is 0 Å². The van der Waals surface area contributed by atoms with Crippen LogP contribution in [0.15, 0.2) is 153 Å². The van der Waals surface area contributed by atoms with E-state index in [-0.39, 0.29) is 51.0 Å². The standard InChI is InChI=1S/C44H40O14/c1-27(2)41(46)54-21-17-50-35-15-13-32(26-38(35)53-20-24-57-44(49)30(7)8)58-39(45)25-31(9)33-14-16-37(52-19-23-56-43(48)29(5)6)40-34(33)11-10-12-36(40)51-18-22-55-42(47)28(3)4/h10-26H,1,3,5,7H2,2,4,6,8-9H3/b21-17-,22-18-,23-19-,24-20-,31-25+. The fourth-order valence-corrected chi connectivity index (χ4v) is 4.19. The lowest BCUT2D eigenvalue weighted by atomic mass is 9.97. The Balaban J connectivity index is 1.94. The molecule has 0 aliphatic heterocycles.